The van der Waals surface area contributed by atoms with Crippen LogP contribution < -0.4 is 5.32 Å². The normalized spacial score (nSPS) is 12.1. The number of thioether (sulfide) groups is 1. The highest BCUT2D eigenvalue weighted by Crippen LogP contribution is 2.28. The minimum absolute atomic E-state index is 0.144. The van der Waals surface area contributed by atoms with E-state index in [2.05, 4.69) is 25.7 Å². The Kier molecular flexibility index (Phi) is 4.91. The summed E-state index contributed by atoms with van der Waals surface area (Å²) in [6, 6.07) is 8.02. The molecule has 0 saturated carbocycles. The maximum atomic E-state index is 12.3. The van der Waals surface area contributed by atoms with E-state index in [4.69, 9.17) is 0 Å². The molecule has 0 fully saturated rings. The van der Waals surface area contributed by atoms with Crippen LogP contribution in [-0.4, -0.2) is 36.1 Å². The van der Waals surface area contributed by atoms with Crippen molar-refractivity contribution in [1.29, 1.82) is 0 Å². The highest BCUT2D eigenvalue weighted by Gasteiger charge is 2.19. The third kappa shape index (κ3) is 3.80. The Morgan fingerprint density at radius 3 is 2.88 bits per heavy atom. The van der Waals surface area contributed by atoms with Crippen molar-refractivity contribution in [2.24, 2.45) is 7.05 Å². The number of amides is 1. The summed E-state index contributed by atoms with van der Waals surface area (Å²) in [6.45, 7) is 3.84. The van der Waals surface area contributed by atoms with Crippen LogP contribution in [0.4, 0.5) is 5.13 Å². The Hall–Kier alpha value is -2.26. The van der Waals surface area contributed by atoms with Gasteiger partial charge in [-0.15, -0.1) is 20.4 Å². The summed E-state index contributed by atoms with van der Waals surface area (Å²) < 4.78 is 1.77. The zero-order valence-electron chi connectivity index (χ0n) is 13.4. The number of benzene rings is 1. The highest BCUT2D eigenvalue weighted by atomic mass is 32.2. The van der Waals surface area contributed by atoms with Crippen LogP contribution in [0.5, 0.6) is 0 Å². The molecule has 1 aromatic carbocycles. The van der Waals surface area contributed by atoms with Crippen LogP contribution in [0.25, 0.3) is 10.6 Å². The fourth-order valence-corrected chi connectivity index (χ4v) is 3.50. The number of rotatable bonds is 5. The molecule has 0 aliphatic rings. The average Bonchev–Trinajstić information content (AvgIpc) is 3.17. The maximum Gasteiger partial charge on any atom is 0.239 e. The van der Waals surface area contributed by atoms with Gasteiger partial charge in [-0.3, -0.25) is 10.1 Å². The van der Waals surface area contributed by atoms with Crippen molar-refractivity contribution >= 4 is 34.1 Å². The SMILES string of the molecule is Cc1cccc(-c2nnc(NC(=O)C(C)Sc3nncn3C)s2)c1. The van der Waals surface area contributed by atoms with E-state index in [1.54, 1.807) is 10.9 Å². The lowest BCUT2D eigenvalue weighted by Gasteiger charge is -2.08. The number of nitrogens with one attached hydrogen (secondary N) is 1. The highest BCUT2D eigenvalue weighted by molar-refractivity contribution is 8.00. The van der Waals surface area contributed by atoms with E-state index in [-0.39, 0.29) is 11.2 Å². The van der Waals surface area contributed by atoms with E-state index in [9.17, 15) is 4.79 Å². The molecule has 3 rings (SSSR count). The molecule has 3 aromatic rings. The van der Waals surface area contributed by atoms with Gasteiger partial charge in [0.15, 0.2) is 5.16 Å². The predicted octanol–water partition coefficient (Wildman–Crippen LogP) is 2.76. The molecular formula is C15H16N6OS2. The summed E-state index contributed by atoms with van der Waals surface area (Å²) in [5.41, 5.74) is 2.15. The topological polar surface area (TPSA) is 85.6 Å². The lowest BCUT2D eigenvalue weighted by Crippen LogP contribution is -2.22. The van der Waals surface area contributed by atoms with E-state index in [1.807, 2.05) is 45.2 Å². The van der Waals surface area contributed by atoms with Gasteiger partial charge in [-0.25, -0.2) is 0 Å². The minimum Gasteiger partial charge on any atom is -0.312 e. The van der Waals surface area contributed by atoms with Crippen molar-refractivity contribution in [3.63, 3.8) is 0 Å². The summed E-state index contributed by atoms with van der Waals surface area (Å²) in [5.74, 6) is -0.144. The van der Waals surface area contributed by atoms with Gasteiger partial charge >= 0.3 is 0 Å². The number of anilines is 1. The molecular weight excluding hydrogens is 344 g/mol. The molecule has 0 radical (unpaired) electrons. The molecule has 0 aliphatic heterocycles. The zero-order valence-corrected chi connectivity index (χ0v) is 15.1. The second kappa shape index (κ2) is 7.10. The van der Waals surface area contributed by atoms with E-state index in [0.29, 0.717) is 10.3 Å². The van der Waals surface area contributed by atoms with Gasteiger partial charge in [-0.1, -0.05) is 46.9 Å². The van der Waals surface area contributed by atoms with Crippen LogP contribution in [0, 0.1) is 6.92 Å². The Bertz CT molecular complexity index is 859. The maximum absolute atomic E-state index is 12.3. The first-order valence-corrected chi connectivity index (χ1v) is 8.94. The van der Waals surface area contributed by atoms with Gasteiger partial charge in [-0.05, 0) is 19.9 Å². The van der Waals surface area contributed by atoms with Crippen LogP contribution in [0.2, 0.25) is 0 Å². The monoisotopic (exact) mass is 360 g/mol. The first-order chi connectivity index (χ1) is 11.5. The number of hydrogen-bond donors (Lipinski definition) is 1. The molecule has 2 heterocycles. The fraction of sp³-hybridized carbons (Fsp3) is 0.267. The van der Waals surface area contributed by atoms with Crippen molar-refractivity contribution in [1.82, 2.24) is 25.0 Å². The van der Waals surface area contributed by atoms with E-state index in [1.165, 1.54) is 23.1 Å². The molecule has 0 spiro atoms. The number of nitrogens with zero attached hydrogens (tertiary/aromatic N) is 5. The van der Waals surface area contributed by atoms with Gasteiger partial charge in [0.05, 0.1) is 5.25 Å². The molecule has 1 unspecified atom stereocenters. The van der Waals surface area contributed by atoms with Gasteiger partial charge in [0.1, 0.15) is 11.3 Å². The fourth-order valence-electron chi connectivity index (χ4n) is 1.97. The number of carbonyl (C=O) groups excluding carboxylic acids is 1. The summed E-state index contributed by atoms with van der Waals surface area (Å²) in [6.07, 6.45) is 1.60. The molecule has 124 valence electrons. The Balaban J connectivity index is 1.66. The Morgan fingerprint density at radius 2 is 2.17 bits per heavy atom. The van der Waals surface area contributed by atoms with E-state index in [0.717, 1.165) is 16.1 Å². The van der Waals surface area contributed by atoms with Crippen molar-refractivity contribution in [2.45, 2.75) is 24.3 Å². The van der Waals surface area contributed by atoms with Gasteiger partial charge in [0.25, 0.3) is 0 Å². The third-order valence-corrected chi connectivity index (χ3v) is 5.28. The largest absolute Gasteiger partial charge is 0.312 e. The van der Waals surface area contributed by atoms with Crippen molar-refractivity contribution in [2.75, 3.05) is 5.32 Å². The molecule has 1 N–H and O–H groups in total. The van der Waals surface area contributed by atoms with Crippen molar-refractivity contribution in [3.05, 3.63) is 36.2 Å². The van der Waals surface area contributed by atoms with Crippen LogP contribution in [0.3, 0.4) is 0 Å². The first-order valence-electron chi connectivity index (χ1n) is 7.25. The second-order valence-electron chi connectivity index (χ2n) is 5.26. The first kappa shape index (κ1) is 16.6. The van der Waals surface area contributed by atoms with Gasteiger partial charge < -0.3 is 4.57 Å². The summed E-state index contributed by atoms with van der Waals surface area (Å²) >= 11 is 2.70. The number of aryl methyl sites for hydroxylation is 2. The number of aromatic nitrogens is 5. The van der Waals surface area contributed by atoms with Crippen LogP contribution in [-0.2, 0) is 11.8 Å². The average molecular weight is 360 g/mol. The molecule has 0 aliphatic carbocycles. The smallest absolute Gasteiger partial charge is 0.239 e. The van der Waals surface area contributed by atoms with Gasteiger partial charge in [-0.2, -0.15) is 0 Å². The lowest BCUT2D eigenvalue weighted by molar-refractivity contribution is -0.115. The molecule has 0 saturated heterocycles. The van der Waals surface area contributed by atoms with E-state index >= 15 is 0 Å². The number of hydrogen-bond acceptors (Lipinski definition) is 7. The van der Waals surface area contributed by atoms with Crippen molar-refractivity contribution < 1.29 is 4.79 Å². The van der Waals surface area contributed by atoms with Crippen molar-refractivity contribution in [3.8, 4) is 10.6 Å². The minimum atomic E-state index is -0.320. The molecule has 1 amide bonds. The van der Waals surface area contributed by atoms with Crippen LogP contribution >= 0.6 is 23.1 Å². The molecule has 9 heteroatoms. The lowest BCUT2D eigenvalue weighted by atomic mass is 10.1. The Labute approximate surface area is 147 Å². The third-order valence-electron chi connectivity index (χ3n) is 3.24. The molecule has 0 bridgehead atoms. The standard InChI is InChI=1S/C15H16N6OS2/c1-9-5-4-6-11(7-9)13-18-19-14(24-13)17-12(22)10(2)23-15-20-16-8-21(15)3/h4-8,10H,1-3H3,(H,17,19,22). The van der Waals surface area contributed by atoms with E-state index < -0.39 is 0 Å². The van der Waals surface area contributed by atoms with Gasteiger partial charge in [0, 0.05) is 12.6 Å². The Morgan fingerprint density at radius 1 is 1.33 bits per heavy atom. The quantitative estimate of drug-likeness (QED) is 0.704. The number of carbonyl (C=O) groups is 1. The van der Waals surface area contributed by atoms with Crippen LogP contribution in [0.15, 0.2) is 35.7 Å². The summed E-state index contributed by atoms with van der Waals surface area (Å²) in [4.78, 5) is 12.3. The molecule has 1 atom stereocenters. The molecule has 2 aromatic heterocycles. The summed E-state index contributed by atoms with van der Waals surface area (Å²) in [7, 11) is 1.84. The molecule has 24 heavy (non-hydrogen) atoms. The zero-order chi connectivity index (χ0) is 17.1. The van der Waals surface area contributed by atoms with Crippen LogP contribution in [0.1, 0.15) is 12.5 Å². The predicted molar refractivity (Wildman–Crippen MR) is 95.0 cm³/mol. The second-order valence-corrected chi connectivity index (χ2v) is 7.54. The molecule has 7 nitrogen and oxygen atoms in total. The summed E-state index contributed by atoms with van der Waals surface area (Å²) in [5, 5.41) is 20.4. The van der Waals surface area contributed by atoms with Gasteiger partial charge in [0.2, 0.25) is 11.0 Å².